The highest BCUT2D eigenvalue weighted by Crippen LogP contribution is 2.76. The fraction of sp³-hybridized carbons (Fsp3) is 0.755. The number of ether oxygens (including phenoxy) is 1. The first-order valence-corrected chi connectivity index (χ1v) is 22.8. The summed E-state index contributed by atoms with van der Waals surface area (Å²) in [6.07, 6.45) is 11.3. The van der Waals surface area contributed by atoms with E-state index in [-0.39, 0.29) is 69.6 Å². The van der Waals surface area contributed by atoms with E-state index >= 15 is 0 Å². The lowest BCUT2D eigenvalue weighted by molar-refractivity contribution is -0.235. The van der Waals surface area contributed by atoms with E-state index < -0.39 is 34.3 Å². The number of carboxylic acids is 1. The molecule has 0 spiro atoms. The summed E-state index contributed by atoms with van der Waals surface area (Å²) in [5.74, 6) is -1.36. The lowest BCUT2D eigenvalue weighted by atomic mass is 9.33. The van der Waals surface area contributed by atoms with Gasteiger partial charge in [0, 0.05) is 23.7 Å². The van der Waals surface area contributed by atoms with Crippen LogP contribution in [0.15, 0.2) is 29.5 Å². The third kappa shape index (κ3) is 5.96. The standard InChI is InChI=1S/C49H69N3O7/c1-27(2)37-33(53)25-49(52-42(58)48(18-11-19-48)51-39(54)29-13-12-28(3)50-26-29)23-22-46(9)30(38(37)49)14-15-35-45(8)20-17-36(44(6,7)34(45)16-21-47(35,46)10)59-41(57)32-24-31(40(55)56)43(32,4)5/h12-13,26-27,30-32,34-36H,11,14-25H2,1-10H3,(H,51,54)(H,52,58)(H,55,56)/t30-,31+,32-,34?,35-,36+,45+,46-,47-,49-/m1/s1. The van der Waals surface area contributed by atoms with Gasteiger partial charge in [-0.1, -0.05) is 62.3 Å². The predicted octanol–water partition coefficient (Wildman–Crippen LogP) is 8.55. The molecule has 1 heterocycles. The number of allylic oxidation sites excluding steroid dienone is 1. The van der Waals surface area contributed by atoms with Gasteiger partial charge in [-0.05, 0) is 153 Å². The molecule has 1 unspecified atom stereocenters. The molecule has 6 saturated carbocycles. The molecule has 10 nitrogen and oxygen atoms in total. The number of carbonyl (C=O) groups excluding carboxylic acids is 4. The van der Waals surface area contributed by atoms with Crippen LogP contribution in [0.2, 0.25) is 0 Å². The van der Waals surface area contributed by atoms with Crippen LogP contribution in [0.25, 0.3) is 0 Å². The number of pyridine rings is 1. The molecule has 322 valence electrons. The summed E-state index contributed by atoms with van der Waals surface area (Å²) >= 11 is 0. The van der Waals surface area contributed by atoms with Crippen molar-refractivity contribution in [1.82, 2.24) is 15.6 Å². The zero-order chi connectivity index (χ0) is 42.9. The number of ketones is 1. The number of hydrogen-bond donors (Lipinski definition) is 3. The average molecular weight is 812 g/mol. The van der Waals surface area contributed by atoms with Crippen LogP contribution >= 0.6 is 0 Å². The Kier molecular flexibility index (Phi) is 9.80. The number of aryl methyl sites for hydroxylation is 1. The minimum Gasteiger partial charge on any atom is -0.481 e. The van der Waals surface area contributed by atoms with Gasteiger partial charge in [-0.3, -0.25) is 29.0 Å². The van der Waals surface area contributed by atoms with Gasteiger partial charge in [0.25, 0.3) is 5.91 Å². The molecule has 8 rings (SSSR count). The molecule has 59 heavy (non-hydrogen) atoms. The molecule has 0 aromatic carbocycles. The molecule has 0 radical (unpaired) electrons. The number of rotatable bonds is 8. The second-order valence-electron chi connectivity index (χ2n) is 22.6. The highest BCUT2D eigenvalue weighted by Gasteiger charge is 2.71. The Morgan fingerprint density at radius 1 is 0.814 bits per heavy atom. The van der Waals surface area contributed by atoms with Crippen LogP contribution in [-0.4, -0.2) is 56.8 Å². The number of carboxylic acid groups (broad SMARTS) is 1. The van der Waals surface area contributed by atoms with Crippen molar-refractivity contribution in [3.05, 3.63) is 40.7 Å². The number of nitrogens with zero attached hydrogens (tertiary/aromatic N) is 1. The van der Waals surface area contributed by atoms with Crippen molar-refractivity contribution in [1.29, 1.82) is 0 Å². The predicted molar refractivity (Wildman–Crippen MR) is 224 cm³/mol. The third-order valence-electron chi connectivity index (χ3n) is 19.0. The summed E-state index contributed by atoms with van der Waals surface area (Å²) in [7, 11) is 0. The number of amides is 2. The molecule has 6 fully saturated rings. The van der Waals surface area contributed by atoms with E-state index in [1.54, 1.807) is 18.3 Å². The molecule has 0 bridgehead atoms. The van der Waals surface area contributed by atoms with Crippen LogP contribution in [-0.2, 0) is 23.9 Å². The number of carbonyl (C=O) groups is 5. The zero-order valence-corrected chi connectivity index (χ0v) is 37.3. The number of fused-ring (bicyclic) bond motifs is 7. The molecule has 10 atom stereocenters. The van der Waals surface area contributed by atoms with E-state index in [0.717, 1.165) is 62.6 Å². The molecule has 1 aromatic heterocycles. The number of nitrogens with one attached hydrogen (secondary N) is 2. The highest BCUT2D eigenvalue weighted by molar-refractivity contribution is 6.04. The first-order valence-electron chi connectivity index (χ1n) is 22.8. The van der Waals surface area contributed by atoms with Gasteiger partial charge in [-0.2, -0.15) is 0 Å². The van der Waals surface area contributed by atoms with Crippen molar-refractivity contribution < 1.29 is 33.8 Å². The SMILES string of the molecule is Cc1ccc(C(=O)NC2(C(=O)N[C@@]34CC[C@]5(C)[C@H](CC[C@@H]6[C@@]7(C)CC[C@H](OC(=O)[C@H]8C[C@@H](C(=O)O)C8(C)C)C(C)(C)C7CC[C@]65C)C3=C(C(C)C)C(=O)C4)CCC2)cn1. The van der Waals surface area contributed by atoms with Gasteiger partial charge in [-0.25, -0.2) is 0 Å². The summed E-state index contributed by atoms with van der Waals surface area (Å²) < 4.78 is 6.42. The Labute approximate surface area is 351 Å². The summed E-state index contributed by atoms with van der Waals surface area (Å²) in [6.45, 7) is 22.0. The summed E-state index contributed by atoms with van der Waals surface area (Å²) in [6, 6.07) is 3.55. The van der Waals surface area contributed by atoms with Crippen molar-refractivity contribution in [3.8, 4) is 0 Å². The summed E-state index contributed by atoms with van der Waals surface area (Å²) in [5.41, 5.74) is 0.614. The Morgan fingerprint density at radius 2 is 1.53 bits per heavy atom. The van der Waals surface area contributed by atoms with Gasteiger partial charge >= 0.3 is 11.9 Å². The van der Waals surface area contributed by atoms with Gasteiger partial charge < -0.3 is 20.5 Å². The fourth-order valence-corrected chi connectivity index (χ4v) is 15.1. The van der Waals surface area contributed by atoms with E-state index in [1.165, 1.54) is 5.57 Å². The van der Waals surface area contributed by atoms with Gasteiger partial charge in [0.2, 0.25) is 5.91 Å². The van der Waals surface area contributed by atoms with Gasteiger partial charge in [-0.15, -0.1) is 0 Å². The second kappa shape index (κ2) is 13.7. The van der Waals surface area contributed by atoms with Crippen molar-refractivity contribution in [2.24, 2.45) is 62.6 Å². The van der Waals surface area contributed by atoms with E-state index in [0.29, 0.717) is 43.1 Å². The summed E-state index contributed by atoms with van der Waals surface area (Å²) in [5, 5.41) is 16.3. The van der Waals surface area contributed by atoms with Gasteiger partial charge in [0.15, 0.2) is 5.78 Å². The van der Waals surface area contributed by atoms with Crippen molar-refractivity contribution in [3.63, 3.8) is 0 Å². The van der Waals surface area contributed by atoms with Crippen LogP contribution in [0, 0.1) is 69.5 Å². The Balaban J connectivity index is 1.05. The normalized spacial score (nSPS) is 39.9. The molecule has 7 aliphatic rings. The van der Waals surface area contributed by atoms with Crippen molar-refractivity contribution in [2.75, 3.05) is 0 Å². The quantitative estimate of drug-likeness (QED) is 0.221. The van der Waals surface area contributed by atoms with E-state index in [1.807, 2.05) is 20.8 Å². The molecule has 3 N–H and O–H groups in total. The van der Waals surface area contributed by atoms with Crippen LogP contribution in [0.4, 0.5) is 0 Å². The molecule has 7 aliphatic carbocycles. The number of hydrogen-bond acceptors (Lipinski definition) is 7. The maximum atomic E-state index is 14.6. The van der Waals surface area contributed by atoms with Crippen LogP contribution in [0.1, 0.15) is 162 Å². The summed E-state index contributed by atoms with van der Waals surface area (Å²) in [4.78, 5) is 72.1. The third-order valence-corrected chi connectivity index (χ3v) is 19.0. The van der Waals surface area contributed by atoms with Crippen molar-refractivity contribution in [2.45, 2.75) is 170 Å². The number of aromatic nitrogens is 1. The Bertz CT molecular complexity index is 2000. The number of esters is 1. The molecule has 0 aliphatic heterocycles. The Hall–Kier alpha value is -3.56. The first kappa shape index (κ1) is 42.1. The lowest BCUT2D eigenvalue weighted by Gasteiger charge is -2.72. The Morgan fingerprint density at radius 3 is 2.12 bits per heavy atom. The molecular weight excluding hydrogens is 743 g/mol. The molecule has 0 saturated heterocycles. The van der Waals surface area contributed by atoms with Crippen LogP contribution in [0.3, 0.4) is 0 Å². The second-order valence-corrected chi connectivity index (χ2v) is 22.6. The van der Waals surface area contributed by atoms with E-state index in [2.05, 4.69) is 64.1 Å². The number of aliphatic carboxylic acids is 1. The zero-order valence-electron chi connectivity index (χ0n) is 37.3. The van der Waals surface area contributed by atoms with Crippen LogP contribution < -0.4 is 10.6 Å². The van der Waals surface area contributed by atoms with Crippen molar-refractivity contribution >= 4 is 29.5 Å². The largest absolute Gasteiger partial charge is 0.481 e. The first-order chi connectivity index (χ1) is 27.5. The maximum Gasteiger partial charge on any atom is 0.309 e. The molecule has 1 aromatic rings. The van der Waals surface area contributed by atoms with E-state index in [9.17, 15) is 29.1 Å². The molecule has 2 amide bonds. The van der Waals surface area contributed by atoms with E-state index in [4.69, 9.17) is 4.74 Å². The van der Waals surface area contributed by atoms with Gasteiger partial charge in [0.05, 0.1) is 22.9 Å². The molecular formula is C49H69N3O7. The average Bonchev–Trinajstić information content (AvgIpc) is 3.42. The minimum atomic E-state index is -1.02. The fourth-order valence-electron chi connectivity index (χ4n) is 15.1. The number of Topliss-reactive ketones (excluding diaryl/α,β-unsaturated/α-hetero) is 1. The smallest absolute Gasteiger partial charge is 0.309 e. The monoisotopic (exact) mass is 812 g/mol. The maximum absolute atomic E-state index is 14.6. The van der Waals surface area contributed by atoms with Gasteiger partial charge in [0.1, 0.15) is 11.6 Å². The molecule has 10 heteroatoms. The minimum absolute atomic E-state index is 0.00923. The lowest BCUT2D eigenvalue weighted by Crippen LogP contribution is -2.70. The van der Waals surface area contributed by atoms with Crippen LogP contribution in [0.5, 0.6) is 0 Å². The topological polar surface area (TPSA) is 152 Å². The highest BCUT2D eigenvalue weighted by atomic mass is 16.5.